The normalized spacial score (nSPS) is 13.7. The Morgan fingerprint density at radius 1 is 1.25 bits per heavy atom. The number of methoxy groups -OCH3 is 1. The van der Waals surface area contributed by atoms with Crippen LogP contribution in [-0.2, 0) is 0 Å². The minimum atomic E-state index is -0.669. The fraction of sp³-hybridized carbons (Fsp3) is 0.538. The van der Waals surface area contributed by atoms with Gasteiger partial charge in [-0.25, -0.2) is 0 Å². The van der Waals surface area contributed by atoms with Crippen LogP contribution in [-0.4, -0.2) is 17.8 Å². The second-order valence-electron chi connectivity index (χ2n) is 4.90. The van der Waals surface area contributed by atoms with Crippen LogP contribution >= 0.6 is 0 Å². The molecule has 0 saturated heterocycles. The van der Waals surface area contributed by atoms with Crippen molar-refractivity contribution < 1.29 is 9.84 Å². The average Bonchev–Trinajstić information content (AvgIpc) is 2.18. The van der Waals surface area contributed by atoms with Gasteiger partial charge in [0.15, 0.2) is 0 Å². The van der Waals surface area contributed by atoms with Gasteiger partial charge in [0.2, 0.25) is 0 Å². The number of nitrogens with two attached hydrogens (primary N) is 1. The molecule has 0 amide bonds. The number of aliphatic hydroxyl groups excluding tert-OH is 1. The van der Waals surface area contributed by atoms with E-state index in [1.54, 1.807) is 7.11 Å². The highest BCUT2D eigenvalue weighted by molar-refractivity contribution is 5.43. The molecule has 90 valence electrons. The van der Waals surface area contributed by atoms with Gasteiger partial charge in [-0.1, -0.05) is 0 Å². The molecule has 3 heteroatoms. The molecule has 1 aromatic rings. The van der Waals surface area contributed by atoms with Crippen molar-refractivity contribution in [2.24, 2.45) is 5.73 Å². The van der Waals surface area contributed by atoms with E-state index in [1.165, 1.54) is 0 Å². The molecule has 0 saturated carbocycles. The van der Waals surface area contributed by atoms with Crippen LogP contribution in [0.1, 0.15) is 36.6 Å². The lowest BCUT2D eigenvalue weighted by atomic mass is 9.89. The largest absolute Gasteiger partial charge is 0.496 e. The van der Waals surface area contributed by atoms with Gasteiger partial charge in [-0.15, -0.1) is 0 Å². The van der Waals surface area contributed by atoms with Crippen LogP contribution in [0, 0.1) is 13.8 Å². The maximum Gasteiger partial charge on any atom is 0.122 e. The number of aliphatic hydroxyl groups is 1. The van der Waals surface area contributed by atoms with Crippen LogP contribution in [0.25, 0.3) is 0 Å². The summed E-state index contributed by atoms with van der Waals surface area (Å²) in [5.74, 6) is 0.836. The lowest BCUT2D eigenvalue weighted by Gasteiger charge is -2.28. The molecule has 0 aliphatic rings. The summed E-state index contributed by atoms with van der Waals surface area (Å²) in [6.45, 7) is 7.54. The second-order valence-corrected chi connectivity index (χ2v) is 4.90. The molecule has 0 aromatic heterocycles. The van der Waals surface area contributed by atoms with Gasteiger partial charge in [0.1, 0.15) is 5.75 Å². The van der Waals surface area contributed by atoms with Gasteiger partial charge in [-0.2, -0.15) is 0 Å². The van der Waals surface area contributed by atoms with Gasteiger partial charge in [-0.3, -0.25) is 0 Å². The van der Waals surface area contributed by atoms with Crippen LogP contribution in [0.2, 0.25) is 0 Å². The van der Waals surface area contributed by atoms with E-state index in [0.29, 0.717) is 0 Å². The van der Waals surface area contributed by atoms with E-state index >= 15 is 0 Å². The number of benzene rings is 1. The van der Waals surface area contributed by atoms with Gasteiger partial charge >= 0.3 is 0 Å². The highest BCUT2D eigenvalue weighted by Gasteiger charge is 2.26. The third-order valence-corrected chi connectivity index (χ3v) is 2.78. The molecule has 3 N–H and O–H groups in total. The van der Waals surface area contributed by atoms with Crippen molar-refractivity contribution in [2.75, 3.05) is 7.11 Å². The quantitative estimate of drug-likeness (QED) is 0.825. The summed E-state index contributed by atoms with van der Waals surface area (Å²) < 4.78 is 5.23. The third kappa shape index (κ3) is 2.54. The van der Waals surface area contributed by atoms with Gasteiger partial charge in [-0.05, 0) is 56.5 Å². The van der Waals surface area contributed by atoms with E-state index < -0.39 is 11.6 Å². The average molecular weight is 223 g/mol. The molecule has 1 atom stereocenters. The van der Waals surface area contributed by atoms with Gasteiger partial charge in [0.05, 0.1) is 13.2 Å². The minimum Gasteiger partial charge on any atom is -0.496 e. The van der Waals surface area contributed by atoms with E-state index in [1.807, 2.05) is 39.8 Å². The molecule has 1 aromatic carbocycles. The monoisotopic (exact) mass is 223 g/mol. The smallest absolute Gasteiger partial charge is 0.122 e. The molecular formula is C13H21NO2. The third-order valence-electron chi connectivity index (χ3n) is 2.78. The first-order chi connectivity index (χ1) is 7.27. The fourth-order valence-corrected chi connectivity index (χ4v) is 1.73. The fourth-order valence-electron chi connectivity index (χ4n) is 1.73. The molecule has 0 fully saturated rings. The minimum absolute atomic E-state index is 0.647. The Labute approximate surface area is 97.2 Å². The van der Waals surface area contributed by atoms with Crippen molar-refractivity contribution in [3.05, 3.63) is 28.8 Å². The zero-order valence-electron chi connectivity index (χ0n) is 10.7. The summed E-state index contributed by atoms with van der Waals surface area (Å²) in [6, 6.07) is 3.87. The molecule has 0 spiro atoms. The zero-order valence-corrected chi connectivity index (χ0v) is 10.7. The van der Waals surface area contributed by atoms with E-state index in [4.69, 9.17) is 10.5 Å². The molecule has 0 aliphatic carbocycles. The molecule has 3 nitrogen and oxygen atoms in total. The Bertz CT molecular complexity index is 380. The lowest BCUT2D eigenvalue weighted by Crippen LogP contribution is -2.39. The highest BCUT2D eigenvalue weighted by Crippen LogP contribution is 2.30. The summed E-state index contributed by atoms with van der Waals surface area (Å²) in [5.41, 5.74) is 8.14. The SMILES string of the molecule is COc1cc(C)c(C(O)C(C)(C)N)cc1C. The number of ether oxygens (including phenoxy) is 1. The second kappa shape index (κ2) is 4.44. The van der Waals surface area contributed by atoms with Crippen molar-refractivity contribution in [1.82, 2.24) is 0 Å². The van der Waals surface area contributed by atoms with Crippen molar-refractivity contribution in [2.45, 2.75) is 39.3 Å². The first kappa shape index (κ1) is 13.0. The van der Waals surface area contributed by atoms with Crippen molar-refractivity contribution >= 4 is 0 Å². The first-order valence-electron chi connectivity index (χ1n) is 5.39. The molecule has 0 bridgehead atoms. The van der Waals surface area contributed by atoms with Crippen LogP contribution in [0.5, 0.6) is 5.75 Å². The standard InChI is InChI=1S/C13H21NO2/c1-8-7-11(16-5)9(2)6-10(8)12(15)13(3,4)14/h6-7,12,15H,14H2,1-5H3. The van der Waals surface area contributed by atoms with Crippen LogP contribution in [0.4, 0.5) is 0 Å². The van der Waals surface area contributed by atoms with Crippen LogP contribution < -0.4 is 10.5 Å². The van der Waals surface area contributed by atoms with Gasteiger partial charge in [0, 0.05) is 5.54 Å². The Kier molecular flexibility index (Phi) is 3.61. The first-order valence-corrected chi connectivity index (χ1v) is 5.39. The van der Waals surface area contributed by atoms with Gasteiger partial charge in [0.25, 0.3) is 0 Å². The number of aryl methyl sites for hydroxylation is 2. The summed E-state index contributed by atoms with van der Waals surface area (Å²) in [4.78, 5) is 0. The molecule has 1 unspecified atom stereocenters. The molecule has 1 rings (SSSR count). The molecular weight excluding hydrogens is 202 g/mol. The van der Waals surface area contributed by atoms with E-state index in [9.17, 15) is 5.11 Å². The van der Waals surface area contributed by atoms with Crippen molar-refractivity contribution in [3.63, 3.8) is 0 Å². The lowest BCUT2D eigenvalue weighted by molar-refractivity contribution is 0.104. The topological polar surface area (TPSA) is 55.5 Å². The van der Waals surface area contributed by atoms with E-state index in [-0.39, 0.29) is 0 Å². The molecule has 0 heterocycles. The Hall–Kier alpha value is -1.06. The summed E-state index contributed by atoms with van der Waals surface area (Å²) in [6.07, 6.45) is -0.669. The highest BCUT2D eigenvalue weighted by atomic mass is 16.5. The van der Waals surface area contributed by atoms with Crippen molar-refractivity contribution in [3.8, 4) is 5.75 Å². The predicted octanol–water partition coefficient (Wildman–Crippen LogP) is 2.08. The maximum absolute atomic E-state index is 10.2. The molecule has 0 radical (unpaired) electrons. The van der Waals surface area contributed by atoms with Crippen LogP contribution in [0.3, 0.4) is 0 Å². The van der Waals surface area contributed by atoms with E-state index in [2.05, 4.69) is 0 Å². The Morgan fingerprint density at radius 2 is 1.81 bits per heavy atom. The van der Waals surface area contributed by atoms with Gasteiger partial charge < -0.3 is 15.6 Å². The summed E-state index contributed by atoms with van der Waals surface area (Å²) >= 11 is 0. The zero-order chi connectivity index (χ0) is 12.5. The van der Waals surface area contributed by atoms with Crippen molar-refractivity contribution in [1.29, 1.82) is 0 Å². The van der Waals surface area contributed by atoms with E-state index in [0.717, 1.165) is 22.4 Å². The summed E-state index contributed by atoms with van der Waals surface area (Å²) in [5, 5.41) is 10.2. The molecule has 16 heavy (non-hydrogen) atoms. The molecule has 0 aliphatic heterocycles. The number of hydrogen-bond donors (Lipinski definition) is 2. The number of rotatable bonds is 3. The Morgan fingerprint density at radius 3 is 2.25 bits per heavy atom. The summed E-state index contributed by atoms with van der Waals surface area (Å²) in [7, 11) is 1.64. The Balaban J connectivity index is 3.21. The van der Waals surface area contributed by atoms with Crippen LogP contribution in [0.15, 0.2) is 12.1 Å². The maximum atomic E-state index is 10.2. The predicted molar refractivity (Wildman–Crippen MR) is 65.7 cm³/mol. The number of hydrogen-bond acceptors (Lipinski definition) is 3.